The van der Waals surface area contributed by atoms with Crippen molar-refractivity contribution in [3.8, 4) is 0 Å². The summed E-state index contributed by atoms with van der Waals surface area (Å²) in [5.74, 6) is -1.42. The van der Waals surface area contributed by atoms with Gasteiger partial charge in [0.25, 0.3) is 0 Å². The molecule has 0 amide bonds. The highest BCUT2D eigenvalue weighted by Crippen LogP contribution is 2.50. The van der Waals surface area contributed by atoms with Gasteiger partial charge in [0.15, 0.2) is 0 Å². The van der Waals surface area contributed by atoms with Gasteiger partial charge in [-0.25, -0.2) is 0 Å². The Kier molecular flexibility index (Phi) is 39.8. The van der Waals surface area contributed by atoms with E-state index in [-0.39, 0.29) is 63.0 Å². The van der Waals surface area contributed by atoms with Crippen molar-refractivity contribution in [1.82, 2.24) is 0 Å². The summed E-state index contributed by atoms with van der Waals surface area (Å²) < 4.78 is 33.5. The summed E-state index contributed by atoms with van der Waals surface area (Å²) in [6.45, 7) is 16.9. The number of hydrogen-bond acceptors (Lipinski definition) is 9. The van der Waals surface area contributed by atoms with Gasteiger partial charge in [-0.15, -0.1) is 0 Å². The third-order valence-electron chi connectivity index (χ3n) is 20.4. The number of carbonyl (C=O) groups is 3. The normalized spacial score (nSPS) is 13.1. The maximum atomic E-state index is 13.6. The second-order valence-electron chi connectivity index (χ2n) is 27.4. The number of benzene rings is 9. The molecule has 9 aromatic rings. The highest BCUT2D eigenvalue weighted by atomic mass is 79.9. The summed E-state index contributed by atoms with van der Waals surface area (Å²) in [5.41, 5.74) is 9.92. The Hall–Kier alpha value is -7.81. The molecule has 0 aliphatic heterocycles. The molecule has 10 nitrogen and oxygen atoms in total. The number of rotatable bonds is 43. The molecule has 0 bridgehead atoms. The largest absolute Gasteiger partial charge is 0.481 e. The first kappa shape index (κ1) is 87.1. The number of alkyl halides is 2. The van der Waals surface area contributed by atoms with Crippen LogP contribution in [0.1, 0.15) is 175 Å². The van der Waals surface area contributed by atoms with Gasteiger partial charge in [-0.05, 0) is 126 Å². The quantitative estimate of drug-likeness (QED) is 0.0224. The van der Waals surface area contributed by atoms with Gasteiger partial charge in [-0.3, -0.25) is 14.4 Å². The molecule has 0 fully saturated rings. The van der Waals surface area contributed by atoms with Gasteiger partial charge in [0.2, 0.25) is 0 Å². The lowest BCUT2D eigenvalue weighted by Crippen LogP contribution is -2.35. The molecular weight excluding hydrogens is 1450 g/mol. The van der Waals surface area contributed by atoms with Crippen molar-refractivity contribution >= 4 is 49.8 Å². The number of ether oxygens (including phenoxy) is 6. The number of hydrogen-bond donors (Lipinski definition) is 1. The summed E-state index contributed by atoms with van der Waals surface area (Å²) in [5, 5.41) is 11.5. The van der Waals surface area contributed by atoms with Crippen molar-refractivity contribution in [3.05, 3.63) is 323 Å². The minimum Gasteiger partial charge on any atom is -0.481 e. The van der Waals surface area contributed by atoms with E-state index in [2.05, 4.69) is 283 Å². The number of esters is 2. The van der Waals surface area contributed by atoms with Crippen LogP contribution in [0.3, 0.4) is 0 Å². The molecule has 0 saturated carbocycles. The highest BCUT2D eigenvalue weighted by molar-refractivity contribution is 9.09. The third kappa shape index (κ3) is 26.8. The van der Waals surface area contributed by atoms with E-state index in [9.17, 15) is 19.5 Å². The first-order chi connectivity index (χ1) is 51.3. The molecule has 0 radical (unpaired) electrons. The van der Waals surface area contributed by atoms with Crippen LogP contribution in [0.5, 0.6) is 0 Å². The van der Waals surface area contributed by atoms with E-state index >= 15 is 0 Å². The molecule has 12 heteroatoms. The summed E-state index contributed by atoms with van der Waals surface area (Å²) >= 11 is 6.52. The average Bonchev–Trinajstić information content (AvgIpc) is 0.783. The molecule has 566 valence electrons. The molecule has 1 N–H and O–H groups in total. The Morgan fingerprint density at radius 2 is 0.500 bits per heavy atom. The van der Waals surface area contributed by atoms with Crippen molar-refractivity contribution in [3.63, 3.8) is 0 Å². The number of carboxylic acid groups (broad SMARTS) is 1. The van der Waals surface area contributed by atoms with E-state index in [1.165, 1.54) is 50.1 Å². The summed E-state index contributed by atoms with van der Waals surface area (Å²) in [4.78, 5) is 39.1. The Balaban J connectivity index is 0.000000360. The molecule has 0 aliphatic carbocycles. The Morgan fingerprint density at radius 3 is 0.708 bits per heavy atom. The minimum absolute atomic E-state index is 0. The number of carbonyl (C=O) groups excluding carboxylic acids is 2. The van der Waals surface area contributed by atoms with Crippen LogP contribution in [0.25, 0.3) is 0 Å². The maximum Gasteiger partial charge on any atom is 0.308 e. The fourth-order valence-electron chi connectivity index (χ4n) is 14.9. The fourth-order valence-corrected chi connectivity index (χ4v) is 15.4. The van der Waals surface area contributed by atoms with Gasteiger partial charge in [0.05, 0.1) is 70.6 Å². The van der Waals surface area contributed by atoms with Crippen LogP contribution < -0.4 is 0 Å². The molecule has 0 aliphatic rings. The second-order valence-corrected chi connectivity index (χ2v) is 29.0. The Morgan fingerprint density at radius 1 is 0.302 bits per heavy atom. The van der Waals surface area contributed by atoms with Crippen molar-refractivity contribution in [2.45, 2.75) is 141 Å². The maximum absolute atomic E-state index is 13.6. The molecule has 9 aromatic carbocycles. The van der Waals surface area contributed by atoms with Gasteiger partial charge in [-0.1, -0.05) is 354 Å². The number of carboxylic acids is 1. The van der Waals surface area contributed by atoms with Crippen LogP contribution in [0, 0.1) is 17.8 Å². The van der Waals surface area contributed by atoms with Crippen LogP contribution in [0.2, 0.25) is 0 Å². The topological polar surface area (TPSA) is 127 Å². The standard InChI is InChI=1S/C60H70O6.C27H30O2.C6H12Br2O2.CH4/c1-5-49(51-25-13-7-14-26-51)45-59(53-29-17-9-18-30-53,54-31-19-10-20-32-54)43-47(3)57(61)65-41-39-63-37-38-64-40-42-66-58(62)48(4)44-60(55-33-21-11-22-34-55,56-35-23-12-24-36-56)46-50(6-2)52-27-15-8-16-28-52;1-3-22(23-13-7-4-8-14-23)20-27(19-21(2)26(28)29,24-15-9-5-10-16-24)25-17-11-6-12-18-25;7-1-3-9-5-6-10-4-2-8;/h7-36,47-50H,5-6,37-46H2,1-4H3;4-18,21-22H,3,19-20H2,1-2H3,(H,28,29);1-6H2;1H4. The lowest BCUT2D eigenvalue weighted by atomic mass is 9.63. The monoisotopic (exact) mass is 1560 g/mol. The van der Waals surface area contributed by atoms with E-state index in [1.54, 1.807) is 0 Å². The van der Waals surface area contributed by atoms with E-state index in [0.717, 1.165) is 62.4 Å². The van der Waals surface area contributed by atoms with Crippen molar-refractivity contribution in [1.29, 1.82) is 0 Å². The fraction of sp³-hybridized carbons (Fsp3) is 0.394. The van der Waals surface area contributed by atoms with Crippen LogP contribution in [-0.2, 0) is 59.0 Å². The summed E-state index contributed by atoms with van der Waals surface area (Å²) in [6, 6.07) is 95.4. The van der Waals surface area contributed by atoms with Crippen LogP contribution in [-0.4, -0.2) is 99.7 Å². The zero-order chi connectivity index (χ0) is 74.8. The summed E-state index contributed by atoms with van der Waals surface area (Å²) in [7, 11) is 0. The van der Waals surface area contributed by atoms with Crippen LogP contribution in [0.15, 0.2) is 273 Å². The minimum atomic E-state index is -0.742. The first-order valence-electron chi connectivity index (χ1n) is 37.7. The second kappa shape index (κ2) is 48.5. The lowest BCUT2D eigenvalue weighted by Gasteiger charge is -2.40. The molecular formula is C94H116Br2O10. The number of halogens is 2. The highest BCUT2D eigenvalue weighted by Gasteiger charge is 2.43. The van der Waals surface area contributed by atoms with Crippen LogP contribution in [0.4, 0.5) is 0 Å². The molecule has 0 heterocycles. The molecule has 0 aromatic heterocycles. The van der Waals surface area contributed by atoms with Crippen molar-refractivity contribution in [2.75, 3.05) is 76.7 Å². The molecule has 0 saturated heterocycles. The van der Waals surface area contributed by atoms with Gasteiger partial charge in [0, 0.05) is 26.9 Å². The third-order valence-corrected chi connectivity index (χ3v) is 21.0. The number of aliphatic carboxylic acids is 1. The zero-order valence-corrected chi connectivity index (χ0v) is 65.8. The molecule has 9 rings (SSSR count). The van der Waals surface area contributed by atoms with Crippen molar-refractivity contribution in [2.24, 2.45) is 17.8 Å². The van der Waals surface area contributed by atoms with Gasteiger partial charge >= 0.3 is 17.9 Å². The molecule has 6 unspecified atom stereocenters. The van der Waals surface area contributed by atoms with Gasteiger partial charge in [-0.2, -0.15) is 0 Å². The molecule has 6 atom stereocenters. The zero-order valence-electron chi connectivity index (χ0n) is 62.7. The van der Waals surface area contributed by atoms with Gasteiger partial charge in [0.1, 0.15) is 13.2 Å². The smallest absolute Gasteiger partial charge is 0.308 e. The van der Waals surface area contributed by atoms with E-state index in [4.69, 9.17) is 28.4 Å². The van der Waals surface area contributed by atoms with Gasteiger partial charge < -0.3 is 33.5 Å². The van der Waals surface area contributed by atoms with E-state index < -0.39 is 22.7 Å². The predicted molar refractivity (Wildman–Crippen MR) is 442 cm³/mol. The predicted octanol–water partition coefficient (Wildman–Crippen LogP) is 22.4. The molecule has 0 spiro atoms. The molecule has 106 heavy (non-hydrogen) atoms. The average molecular weight is 1570 g/mol. The Bertz CT molecular complexity index is 3470. The van der Waals surface area contributed by atoms with Crippen molar-refractivity contribution < 1.29 is 47.9 Å². The summed E-state index contributed by atoms with van der Waals surface area (Å²) in [6.07, 6.45) is 7.35. The SMILES string of the molecule is BrCCOCCOCCBr.C.CCC(CC(CC(C)C(=O)O)(c1ccccc1)c1ccccc1)c1ccccc1.CCC(CC(CC(C)C(=O)OCCOCCOCCOC(=O)C(C)CC(CC(CC)c1ccccc1)(c1ccccc1)c1ccccc1)(c1ccccc1)c1ccccc1)c1ccccc1. The van der Waals surface area contributed by atoms with E-state index in [0.29, 0.717) is 63.4 Å². The van der Waals surface area contributed by atoms with E-state index in [1.807, 2.05) is 63.2 Å². The lowest BCUT2D eigenvalue weighted by molar-refractivity contribution is -0.151. The Labute approximate surface area is 651 Å². The van der Waals surface area contributed by atoms with Crippen LogP contribution >= 0.6 is 31.9 Å². The first-order valence-corrected chi connectivity index (χ1v) is 40.0.